The summed E-state index contributed by atoms with van der Waals surface area (Å²) in [5.41, 5.74) is 5.63. The highest BCUT2D eigenvalue weighted by Gasteiger charge is 2.38. The Morgan fingerprint density at radius 1 is 0.824 bits per heavy atom. The average molecular weight is 234 g/mol. The monoisotopic (exact) mass is 234 g/mol. The van der Waals surface area contributed by atoms with Crippen molar-refractivity contribution in [3.05, 3.63) is 35.5 Å². The molecule has 2 aliphatic rings. The van der Waals surface area contributed by atoms with Crippen LogP contribution in [0.2, 0.25) is 0 Å². The molecule has 2 unspecified atom stereocenters. The van der Waals surface area contributed by atoms with Crippen LogP contribution in [-0.4, -0.2) is 0 Å². The molecule has 0 spiro atoms. The van der Waals surface area contributed by atoms with Gasteiger partial charge in [0.25, 0.3) is 0 Å². The molecule has 0 radical (unpaired) electrons. The fourth-order valence-corrected chi connectivity index (χ4v) is 3.10. The van der Waals surface area contributed by atoms with Crippen molar-refractivity contribution in [3.8, 4) is 0 Å². The van der Waals surface area contributed by atoms with Crippen LogP contribution >= 0.6 is 0 Å². The van der Waals surface area contributed by atoms with Crippen molar-refractivity contribution in [2.45, 2.75) is 60.8 Å². The van der Waals surface area contributed by atoms with Crippen LogP contribution in [0.4, 0.5) is 0 Å². The van der Waals surface area contributed by atoms with E-state index in [1.54, 1.807) is 11.1 Å². The zero-order valence-electron chi connectivity index (χ0n) is 12.7. The quantitative estimate of drug-likeness (QED) is 0.556. The van der Waals surface area contributed by atoms with E-state index in [1.807, 2.05) is 27.7 Å². The van der Waals surface area contributed by atoms with Gasteiger partial charge >= 0.3 is 0 Å². The van der Waals surface area contributed by atoms with Crippen LogP contribution in [0.15, 0.2) is 35.5 Å². The highest BCUT2D eigenvalue weighted by molar-refractivity contribution is 5.49. The Morgan fingerprint density at radius 2 is 1.12 bits per heavy atom. The van der Waals surface area contributed by atoms with Crippen molar-refractivity contribution < 1.29 is 0 Å². The first-order chi connectivity index (χ1) is 8.11. The van der Waals surface area contributed by atoms with Crippen molar-refractivity contribution in [2.75, 3.05) is 0 Å². The summed E-state index contributed by atoms with van der Waals surface area (Å²) in [5.74, 6) is 1.63. The minimum Gasteiger partial charge on any atom is -0.0958 e. The molecule has 1 saturated carbocycles. The van der Waals surface area contributed by atoms with Crippen LogP contribution in [0.5, 0.6) is 0 Å². The van der Waals surface area contributed by atoms with Crippen molar-refractivity contribution in [3.63, 3.8) is 0 Å². The maximum Gasteiger partial charge on any atom is -0.0151 e. The average Bonchev–Trinajstić information content (AvgIpc) is 2.93. The molecule has 1 fully saturated rings. The van der Waals surface area contributed by atoms with E-state index >= 15 is 0 Å². The Balaban J connectivity index is 0.000000581. The van der Waals surface area contributed by atoms with Crippen molar-refractivity contribution >= 4 is 0 Å². The third-order valence-corrected chi connectivity index (χ3v) is 3.46. The lowest BCUT2D eigenvalue weighted by Gasteiger charge is -2.20. The summed E-state index contributed by atoms with van der Waals surface area (Å²) in [6.07, 6.45) is 4.12. The third kappa shape index (κ3) is 3.34. The summed E-state index contributed by atoms with van der Waals surface area (Å²) in [7, 11) is 0. The Hall–Kier alpha value is -0.780. The van der Waals surface area contributed by atoms with Crippen LogP contribution in [0.1, 0.15) is 60.8 Å². The molecule has 0 nitrogen and oxygen atoms in total. The molecule has 2 bridgehead atoms. The predicted octanol–water partition coefficient (Wildman–Crippen LogP) is 5.92. The molecular weight excluding hydrogens is 204 g/mol. The minimum absolute atomic E-state index is 0.814. The van der Waals surface area contributed by atoms with E-state index in [9.17, 15) is 0 Å². The van der Waals surface area contributed by atoms with Gasteiger partial charge in [0, 0.05) is 0 Å². The topological polar surface area (TPSA) is 0 Å². The SMILES string of the molecule is C=C(C)C1=C(C(=C)C)C2CCC1C2.CC.CC. The number of hydrogen-bond acceptors (Lipinski definition) is 0. The maximum absolute atomic E-state index is 4.09. The van der Waals surface area contributed by atoms with Crippen LogP contribution < -0.4 is 0 Å². The van der Waals surface area contributed by atoms with Gasteiger partial charge in [0.2, 0.25) is 0 Å². The second-order valence-electron chi connectivity index (χ2n) is 4.59. The maximum atomic E-state index is 4.09. The number of hydrogen-bond donors (Lipinski definition) is 0. The van der Waals surface area contributed by atoms with Crippen molar-refractivity contribution in [1.29, 1.82) is 0 Å². The molecule has 0 N–H and O–H groups in total. The molecule has 2 rings (SSSR count). The van der Waals surface area contributed by atoms with Crippen LogP contribution in [-0.2, 0) is 0 Å². The van der Waals surface area contributed by atoms with Gasteiger partial charge in [-0.05, 0) is 56.1 Å². The van der Waals surface area contributed by atoms with E-state index in [1.165, 1.54) is 30.4 Å². The fourth-order valence-electron chi connectivity index (χ4n) is 3.10. The molecule has 0 heterocycles. The zero-order chi connectivity index (χ0) is 13.6. The Morgan fingerprint density at radius 3 is 1.35 bits per heavy atom. The summed E-state index contributed by atoms with van der Waals surface area (Å²) >= 11 is 0. The summed E-state index contributed by atoms with van der Waals surface area (Å²) < 4.78 is 0. The van der Waals surface area contributed by atoms with Gasteiger partial charge in [-0.3, -0.25) is 0 Å². The van der Waals surface area contributed by atoms with Crippen LogP contribution in [0.3, 0.4) is 0 Å². The van der Waals surface area contributed by atoms with Gasteiger partial charge in [-0.25, -0.2) is 0 Å². The highest BCUT2D eigenvalue weighted by atomic mass is 14.4. The van der Waals surface area contributed by atoms with Gasteiger partial charge < -0.3 is 0 Å². The van der Waals surface area contributed by atoms with Crippen molar-refractivity contribution in [1.82, 2.24) is 0 Å². The van der Waals surface area contributed by atoms with Gasteiger partial charge in [0.1, 0.15) is 0 Å². The first-order valence-electron chi connectivity index (χ1n) is 7.17. The smallest absolute Gasteiger partial charge is 0.0151 e. The van der Waals surface area contributed by atoms with Gasteiger partial charge in [-0.2, -0.15) is 0 Å². The number of allylic oxidation sites excluding steroid dienone is 4. The summed E-state index contributed by atoms with van der Waals surface area (Å²) in [4.78, 5) is 0. The molecule has 0 aliphatic heterocycles. The summed E-state index contributed by atoms with van der Waals surface area (Å²) in [5, 5.41) is 0. The lowest BCUT2D eigenvalue weighted by atomic mass is 9.85. The molecular formula is C17H30. The number of rotatable bonds is 2. The molecule has 0 heteroatoms. The Bertz CT molecular complexity index is 274. The second-order valence-corrected chi connectivity index (χ2v) is 4.59. The standard InChI is InChI=1S/C13H18.2C2H6/c1-8(2)12-10-5-6-11(7-10)13(12)9(3)4;2*1-2/h10-11H,1,3,5-7H2,2,4H3;2*1-2H3. The molecule has 0 saturated heterocycles. The summed E-state index contributed by atoms with van der Waals surface area (Å²) in [6.45, 7) is 20.5. The Labute approximate surface area is 109 Å². The first-order valence-corrected chi connectivity index (χ1v) is 7.17. The summed E-state index contributed by atoms with van der Waals surface area (Å²) in [6, 6.07) is 0. The molecule has 0 amide bonds. The Kier molecular flexibility index (Phi) is 7.18. The van der Waals surface area contributed by atoms with E-state index in [0.717, 1.165) is 11.8 Å². The van der Waals surface area contributed by atoms with E-state index in [2.05, 4.69) is 27.0 Å². The molecule has 17 heavy (non-hydrogen) atoms. The van der Waals surface area contributed by atoms with Gasteiger partial charge in [-0.1, -0.05) is 52.0 Å². The number of fused-ring (bicyclic) bond motifs is 2. The predicted molar refractivity (Wildman–Crippen MR) is 80.2 cm³/mol. The van der Waals surface area contributed by atoms with Gasteiger partial charge in [0.15, 0.2) is 0 Å². The lowest BCUT2D eigenvalue weighted by molar-refractivity contribution is 0.658. The largest absolute Gasteiger partial charge is 0.0958 e. The van der Waals surface area contributed by atoms with Crippen LogP contribution in [0.25, 0.3) is 0 Å². The highest BCUT2D eigenvalue weighted by Crippen LogP contribution is 2.52. The zero-order valence-corrected chi connectivity index (χ0v) is 12.7. The van der Waals surface area contributed by atoms with Gasteiger partial charge in [-0.15, -0.1) is 0 Å². The minimum atomic E-state index is 0.814. The molecule has 98 valence electrons. The second kappa shape index (κ2) is 7.53. The molecule has 2 atom stereocenters. The molecule has 0 aromatic rings. The third-order valence-electron chi connectivity index (χ3n) is 3.46. The van der Waals surface area contributed by atoms with Crippen molar-refractivity contribution in [2.24, 2.45) is 11.8 Å². The molecule has 2 aliphatic carbocycles. The molecule has 0 aromatic heterocycles. The van der Waals surface area contributed by atoms with E-state index in [4.69, 9.17) is 0 Å². The molecule has 0 aromatic carbocycles. The lowest BCUT2D eigenvalue weighted by Crippen LogP contribution is -2.04. The van der Waals surface area contributed by atoms with E-state index < -0.39 is 0 Å². The first kappa shape index (κ1) is 16.2. The fraction of sp³-hybridized carbons (Fsp3) is 0.647. The van der Waals surface area contributed by atoms with Gasteiger partial charge in [0.05, 0.1) is 0 Å². The van der Waals surface area contributed by atoms with E-state index in [-0.39, 0.29) is 0 Å². The van der Waals surface area contributed by atoms with Crippen LogP contribution in [0, 0.1) is 11.8 Å². The van der Waals surface area contributed by atoms with E-state index in [0.29, 0.717) is 0 Å². The normalized spacial score (nSPS) is 24.6.